The van der Waals surface area contributed by atoms with Gasteiger partial charge in [-0.1, -0.05) is 38.1 Å². The molecule has 0 heterocycles. The Morgan fingerprint density at radius 3 is 2.44 bits per heavy atom. The summed E-state index contributed by atoms with van der Waals surface area (Å²) in [6.45, 7) is 3.95. The molecule has 1 N–H and O–H groups in total. The first-order chi connectivity index (χ1) is 8.61. The van der Waals surface area contributed by atoms with Gasteiger partial charge in [0.15, 0.2) is 0 Å². The Morgan fingerprint density at radius 2 is 1.89 bits per heavy atom. The summed E-state index contributed by atoms with van der Waals surface area (Å²) in [4.78, 5) is 0. The summed E-state index contributed by atoms with van der Waals surface area (Å²) in [6.07, 6.45) is 3.61. The van der Waals surface area contributed by atoms with Gasteiger partial charge in [-0.05, 0) is 43.2 Å². The fourth-order valence-corrected chi connectivity index (χ4v) is 3.26. The Bertz CT molecular complexity index is 470. The van der Waals surface area contributed by atoms with Gasteiger partial charge in [-0.25, -0.2) is 0 Å². The van der Waals surface area contributed by atoms with E-state index in [2.05, 4.69) is 18.2 Å². The van der Waals surface area contributed by atoms with Crippen molar-refractivity contribution >= 4 is 0 Å². The third-order valence-electron chi connectivity index (χ3n) is 4.71. The molecule has 0 bridgehead atoms. The monoisotopic (exact) mass is 243 g/mol. The Labute approximate surface area is 109 Å². The first kappa shape index (κ1) is 13.1. The van der Waals surface area contributed by atoms with Gasteiger partial charge in [-0.15, -0.1) is 0 Å². The average Bonchev–Trinajstić information content (AvgIpc) is 2.45. The lowest BCUT2D eigenvalue weighted by atomic mass is 9.61. The van der Waals surface area contributed by atoms with E-state index in [0.29, 0.717) is 19.3 Å². The van der Waals surface area contributed by atoms with E-state index in [0.717, 1.165) is 12.8 Å². The van der Waals surface area contributed by atoms with Gasteiger partial charge >= 0.3 is 0 Å². The molecule has 0 saturated carbocycles. The molecule has 1 unspecified atom stereocenters. The molecule has 0 radical (unpaired) electrons. The predicted molar refractivity (Wildman–Crippen MR) is 72.0 cm³/mol. The first-order valence-corrected chi connectivity index (χ1v) is 6.81. The van der Waals surface area contributed by atoms with Crippen molar-refractivity contribution in [3.63, 3.8) is 0 Å². The highest BCUT2D eigenvalue weighted by molar-refractivity contribution is 5.34. The van der Waals surface area contributed by atoms with Crippen LogP contribution in [-0.2, 0) is 12.8 Å². The maximum absolute atomic E-state index is 10.8. The van der Waals surface area contributed by atoms with Crippen LogP contribution in [0.3, 0.4) is 0 Å². The molecule has 0 fully saturated rings. The highest BCUT2D eigenvalue weighted by atomic mass is 16.3. The molecule has 2 rings (SSSR count). The number of nitrogens with zero attached hydrogens (tertiary/aromatic N) is 1. The van der Waals surface area contributed by atoms with Crippen LogP contribution in [0.4, 0.5) is 0 Å². The number of benzene rings is 1. The molecule has 96 valence electrons. The summed E-state index contributed by atoms with van der Waals surface area (Å²) in [5, 5.41) is 20.5. The van der Waals surface area contributed by atoms with Crippen LogP contribution < -0.4 is 0 Å². The molecule has 1 aliphatic rings. The molecular formula is C16H21NO. The zero-order valence-electron chi connectivity index (χ0n) is 11.2. The number of fused-ring (bicyclic) bond motifs is 1. The molecule has 2 nitrogen and oxygen atoms in total. The number of nitriles is 1. The largest absolute Gasteiger partial charge is 0.388 e. The topological polar surface area (TPSA) is 44.0 Å². The second-order valence-electron chi connectivity index (χ2n) is 5.38. The van der Waals surface area contributed by atoms with Gasteiger partial charge < -0.3 is 5.11 Å². The number of aliphatic hydroxyl groups is 1. The Hall–Kier alpha value is -1.33. The van der Waals surface area contributed by atoms with Crippen molar-refractivity contribution in [1.82, 2.24) is 0 Å². The average molecular weight is 243 g/mol. The van der Waals surface area contributed by atoms with Gasteiger partial charge in [-0.2, -0.15) is 5.26 Å². The lowest BCUT2D eigenvalue weighted by Gasteiger charge is -2.44. The Kier molecular flexibility index (Phi) is 3.45. The van der Waals surface area contributed by atoms with Crippen LogP contribution in [-0.4, -0.2) is 10.7 Å². The fraction of sp³-hybridized carbons (Fsp3) is 0.562. The van der Waals surface area contributed by atoms with E-state index in [1.165, 1.54) is 11.1 Å². The standard InChI is InChI=1S/C16H21NO/c1-3-16(18,4-2)15(12-17)10-9-13-7-5-6-8-14(13)11-15/h5-8,18H,3-4,9-11H2,1-2H3. The van der Waals surface area contributed by atoms with Crippen molar-refractivity contribution in [3.05, 3.63) is 35.4 Å². The van der Waals surface area contributed by atoms with Gasteiger partial charge in [0.2, 0.25) is 0 Å². The molecule has 1 aliphatic carbocycles. The smallest absolute Gasteiger partial charge is 0.0903 e. The number of hydrogen-bond donors (Lipinski definition) is 1. The lowest BCUT2D eigenvalue weighted by molar-refractivity contribution is -0.0684. The molecule has 0 amide bonds. The molecule has 0 saturated heterocycles. The van der Waals surface area contributed by atoms with Crippen LogP contribution in [0.5, 0.6) is 0 Å². The van der Waals surface area contributed by atoms with Crippen LogP contribution in [0.2, 0.25) is 0 Å². The van der Waals surface area contributed by atoms with Gasteiger partial charge in [0, 0.05) is 0 Å². The van der Waals surface area contributed by atoms with Crippen LogP contribution in [0.25, 0.3) is 0 Å². The maximum Gasteiger partial charge on any atom is 0.0903 e. The summed E-state index contributed by atoms with van der Waals surface area (Å²) in [6, 6.07) is 10.7. The lowest BCUT2D eigenvalue weighted by Crippen LogP contribution is -2.50. The van der Waals surface area contributed by atoms with Crippen LogP contribution in [0, 0.1) is 16.7 Å². The molecular weight excluding hydrogens is 222 g/mol. The number of rotatable bonds is 3. The maximum atomic E-state index is 10.8. The predicted octanol–water partition coefficient (Wildman–Crippen LogP) is 3.24. The molecule has 2 heteroatoms. The second kappa shape index (κ2) is 4.74. The zero-order chi connectivity index (χ0) is 13.2. The molecule has 0 aliphatic heterocycles. The number of hydrogen-bond acceptors (Lipinski definition) is 2. The molecule has 1 aromatic carbocycles. The quantitative estimate of drug-likeness (QED) is 0.885. The first-order valence-electron chi connectivity index (χ1n) is 6.81. The molecule has 1 atom stereocenters. The van der Waals surface area contributed by atoms with E-state index in [-0.39, 0.29) is 0 Å². The van der Waals surface area contributed by atoms with Crippen molar-refractivity contribution < 1.29 is 5.11 Å². The van der Waals surface area contributed by atoms with Crippen LogP contribution >= 0.6 is 0 Å². The highest BCUT2D eigenvalue weighted by Crippen LogP contribution is 2.46. The van der Waals surface area contributed by atoms with Crippen LogP contribution in [0.1, 0.15) is 44.2 Å². The van der Waals surface area contributed by atoms with Crippen molar-refractivity contribution in [2.75, 3.05) is 0 Å². The summed E-state index contributed by atoms with van der Waals surface area (Å²) in [5.74, 6) is 0. The summed E-state index contributed by atoms with van der Waals surface area (Å²) < 4.78 is 0. The van der Waals surface area contributed by atoms with E-state index in [4.69, 9.17) is 0 Å². The minimum absolute atomic E-state index is 0.620. The third kappa shape index (κ3) is 1.83. The third-order valence-corrected chi connectivity index (χ3v) is 4.71. The van der Waals surface area contributed by atoms with Gasteiger partial charge in [0.25, 0.3) is 0 Å². The second-order valence-corrected chi connectivity index (χ2v) is 5.38. The molecule has 0 aromatic heterocycles. The van der Waals surface area contributed by atoms with Crippen molar-refractivity contribution in [2.45, 2.75) is 51.6 Å². The molecule has 0 spiro atoms. The Balaban J connectivity index is 2.42. The summed E-state index contributed by atoms with van der Waals surface area (Å²) in [7, 11) is 0. The van der Waals surface area contributed by atoms with Gasteiger partial charge in [-0.3, -0.25) is 0 Å². The molecule has 1 aromatic rings. The van der Waals surface area contributed by atoms with Gasteiger partial charge in [0.05, 0.1) is 17.1 Å². The highest BCUT2D eigenvalue weighted by Gasteiger charge is 2.49. The normalized spacial score (nSPS) is 23.2. The van der Waals surface area contributed by atoms with Gasteiger partial charge in [0.1, 0.15) is 0 Å². The van der Waals surface area contributed by atoms with E-state index in [1.807, 2.05) is 26.0 Å². The van der Waals surface area contributed by atoms with Crippen LogP contribution in [0.15, 0.2) is 24.3 Å². The SMILES string of the molecule is CCC(O)(CC)C1(C#N)CCc2ccccc2C1. The van der Waals surface area contributed by atoms with E-state index in [1.54, 1.807) is 0 Å². The fourth-order valence-electron chi connectivity index (χ4n) is 3.26. The van der Waals surface area contributed by atoms with E-state index < -0.39 is 11.0 Å². The summed E-state index contributed by atoms with van der Waals surface area (Å²) >= 11 is 0. The van der Waals surface area contributed by atoms with Crippen molar-refractivity contribution in [2.24, 2.45) is 5.41 Å². The zero-order valence-corrected chi connectivity index (χ0v) is 11.2. The van der Waals surface area contributed by atoms with Crippen molar-refractivity contribution in [1.29, 1.82) is 5.26 Å². The summed E-state index contributed by atoms with van der Waals surface area (Å²) in [5.41, 5.74) is 1.07. The van der Waals surface area contributed by atoms with E-state index in [9.17, 15) is 10.4 Å². The minimum atomic E-state index is -0.866. The number of aryl methyl sites for hydroxylation is 1. The Morgan fingerprint density at radius 1 is 1.28 bits per heavy atom. The van der Waals surface area contributed by atoms with Crippen molar-refractivity contribution in [3.8, 4) is 6.07 Å². The minimum Gasteiger partial charge on any atom is -0.388 e. The molecule has 18 heavy (non-hydrogen) atoms. The van der Waals surface area contributed by atoms with E-state index >= 15 is 0 Å².